The van der Waals surface area contributed by atoms with Crippen LogP contribution in [0, 0.1) is 0 Å². The lowest BCUT2D eigenvalue weighted by molar-refractivity contribution is 0.0572. The molecular formula is C14H20BrNO3. The molecule has 5 heteroatoms. The van der Waals surface area contributed by atoms with Crippen molar-refractivity contribution in [3.05, 3.63) is 28.7 Å². The van der Waals surface area contributed by atoms with Crippen LogP contribution in [0.15, 0.2) is 28.7 Å². The molecule has 0 aromatic heterocycles. The van der Waals surface area contributed by atoms with Crippen LogP contribution in [-0.2, 0) is 4.74 Å². The van der Waals surface area contributed by atoms with Gasteiger partial charge in [0.05, 0.1) is 6.61 Å². The summed E-state index contributed by atoms with van der Waals surface area (Å²) < 4.78 is 11.9. The molecule has 1 aromatic rings. The molecule has 106 valence electrons. The smallest absolute Gasteiger partial charge is 0.119 e. The van der Waals surface area contributed by atoms with Gasteiger partial charge in [-0.2, -0.15) is 0 Å². The second-order valence-corrected chi connectivity index (χ2v) is 5.66. The van der Waals surface area contributed by atoms with E-state index in [4.69, 9.17) is 9.47 Å². The highest BCUT2D eigenvalue weighted by atomic mass is 79.9. The third-order valence-corrected chi connectivity index (χ3v) is 3.59. The molecule has 1 aliphatic rings. The van der Waals surface area contributed by atoms with E-state index in [0.29, 0.717) is 19.2 Å². The minimum atomic E-state index is -0.509. The number of ether oxygens (including phenoxy) is 2. The van der Waals surface area contributed by atoms with Gasteiger partial charge in [-0.3, -0.25) is 0 Å². The zero-order valence-corrected chi connectivity index (χ0v) is 12.4. The summed E-state index contributed by atoms with van der Waals surface area (Å²) in [4.78, 5) is 0. The topological polar surface area (TPSA) is 50.7 Å². The maximum Gasteiger partial charge on any atom is 0.119 e. The first-order chi connectivity index (χ1) is 9.24. The van der Waals surface area contributed by atoms with E-state index in [1.54, 1.807) is 0 Å². The number of aliphatic hydroxyl groups excluding tert-OH is 1. The van der Waals surface area contributed by atoms with E-state index in [1.165, 1.54) is 0 Å². The Morgan fingerprint density at radius 2 is 2.21 bits per heavy atom. The van der Waals surface area contributed by atoms with Crippen LogP contribution in [0.4, 0.5) is 0 Å². The molecule has 19 heavy (non-hydrogen) atoms. The summed E-state index contributed by atoms with van der Waals surface area (Å²) in [6, 6.07) is 7.94. The molecule has 1 saturated heterocycles. The quantitative estimate of drug-likeness (QED) is 0.837. The Kier molecular flexibility index (Phi) is 6.10. The number of hydrogen-bond donors (Lipinski definition) is 2. The van der Waals surface area contributed by atoms with Crippen molar-refractivity contribution in [2.45, 2.75) is 25.0 Å². The molecule has 1 aliphatic heterocycles. The Morgan fingerprint density at radius 1 is 1.42 bits per heavy atom. The highest BCUT2D eigenvalue weighted by Gasteiger charge is 2.14. The number of nitrogens with one attached hydrogen (secondary N) is 1. The Hall–Kier alpha value is -0.620. The molecule has 0 bridgehead atoms. The van der Waals surface area contributed by atoms with E-state index in [1.807, 2.05) is 24.3 Å². The van der Waals surface area contributed by atoms with Crippen LogP contribution < -0.4 is 10.1 Å². The van der Waals surface area contributed by atoms with Gasteiger partial charge < -0.3 is 19.9 Å². The predicted octanol–water partition coefficient (Wildman–Crippen LogP) is 1.96. The Morgan fingerprint density at radius 3 is 2.89 bits per heavy atom. The molecule has 2 unspecified atom stereocenters. The van der Waals surface area contributed by atoms with Crippen molar-refractivity contribution < 1.29 is 14.6 Å². The molecule has 0 aliphatic carbocycles. The lowest BCUT2D eigenvalue weighted by Gasteiger charge is -2.24. The lowest BCUT2D eigenvalue weighted by Crippen LogP contribution is -2.42. The average Bonchev–Trinajstić information content (AvgIpc) is 2.45. The van der Waals surface area contributed by atoms with Gasteiger partial charge in [-0.1, -0.05) is 15.9 Å². The van der Waals surface area contributed by atoms with Crippen LogP contribution in [0.3, 0.4) is 0 Å². The first kappa shape index (κ1) is 14.8. The molecule has 2 N–H and O–H groups in total. The summed E-state index contributed by atoms with van der Waals surface area (Å²) in [7, 11) is 0. The Balaban J connectivity index is 1.63. The van der Waals surface area contributed by atoms with Crippen molar-refractivity contribution in [3.63, 3.8) is 0 Å². The monoisotopic (exact) mass is 329 g/mol. The summed E-state index contributed by atoms with van der Waals surface area (Å²) >= 11 is 3.37. The minimum Gasteiger partial charge on any atom is -0.491 e. The van der Waals surface area contributed by atoms with Crippen molar-refractivity contribution in [3.8, 4) is 5.75 Å². The lowest BCUT2D eigenvalue weighted by atomic mass is 10.1. The van der Waals surface area contributed by atoms with E-state index in [0.717, 1.165) is 36.3 Å². The average molecular weight is 330 g/mol. The highest BCUT2D eigenvalue weighted by Crippen LogP contribution is 2.16. The second kappa shape index (κ2) is 7.85. The van der Waals surface area contributed by atoms with Crippen molar-refractivity contribution in [2.75, 3.05) is 26.4 Å². The molecule has 1 aromatic carbocycles. The van der Waals surface area contributed by atoms with Crippen LogP contribution in [-0.4, -0.2) is 43.6 Å². The Labute approximate surface area is 122 Å². The fraction of sp³-hybridized carbons (Fsp3) is 0.571. The summed E-state index contributed by atoms with van der Waals surface area (Å²) in [5.74, 6) is 0.767. The maximum absolute atomic E-state index is 9.86. The van der Waals surface area contributed by atoms with Crippen LogP contribution in [0.5, 0.6) is 5.75 Å². The van der Waals surface area contributed by atoms with Crippen LogP contribution in [0.25, 0.3) is 0 Å². The summed E-state index contributed by atoms with van der Waals surface area (Å²) in [6.07, 6.45) is 1.69. The van der Waals surface area contributed by atoms with Crippen molar-refractivity contribution in [1.29, 1.82) is 0 Å². The van der Waals surface area contributed by atoms with E-state index >= 15 is 0 Å². The molecular weight excluding hydrogens is 310 g/mol. The van der Waals surface area contributed by atoms with Gasteiger partial charge in [0.1, 0.15) is 18.5 Å². The zero-order valence-electron chi connectivity index (χ0n) is 10.8. The third kappa shape index (κ3) is 5.48. The fourth-order valence-electron chi connectivity index (χ4n) is 1.99. The first-order valence-corrected chi connectivity index (χ1v) is 7.41. The number of benzene rings is 1. The van der Waals surface area contributed by atoms with Crippen molar-refractivity contribution in [2.24, 2.45) is 0 Å². The van der Waals surface area contributed by atoms with Crippen molar-refractivity contribution >= 4 is 15.9 Å². The Bertz CT molecular complexity index is 365. The molecule has 2 rings (SSSR count). The van der Waals surface area contributed by atoms with Gasteiger partial charge >= 0.3 is 0 Å². The van der Waals surface area contributed by atoms with Gasteiger partial charge in [0.15, 0.2) is 0 Å². The second-order valence-electron chi connectivity index (χ2n) is 4.74. The van der Waals surface area contributed by atoms with Gasteiger partial charge in [0, 0.05) is 23.7 Å². The summed E-state index contributed by atoms with van der Waals surface area (Å²) in [6.45, 7) is 2.42. The van der Waals surface area contributed by atoms with Gasteiger partial charge in [0.25, 0.3) is 0 Å². The van der Waals surface area contributed by atoms with E-state index in [2.05, 4.69) is 21.2 Å². The molecule has 4 nitrogen and oxygen atoms in total. The molecule has 0 spiro atoms. The van der Waals surface area contributed by atoms with Gasteiger partial charge in [-0.25, -0.2) is 0 Å². The van der Waals surface area contributed by atoms with Gasteiger partial charge in [-0.05, 0) is 37.1 Å². The largest absolute Gasteiger partial charge is 0.491 e. The van der Waals surface area contributed by atoms with Crippen molar-refractivity contribution in [1.82, 2.24) is 5.32 Å². The van der Waals surface area contributed by atoms with E-state index < -0.39 is 6.10 Å². The van der Waals surface area contributed by atoms with Crippen LogP contribution in [0.2, 0.25) is 0 Å². The highest BCUT2D eigenvalue weighted by molar-refractivity contribution is 9.10. The summed E-state index contributed by atoms with van der Waals surface area (Å²) in [5, 5.41) is 13.2. The third-order valence-electron chi connectivity index (χ3n) is 3.06. The van der Waals surface area contributed by atoms with Crippen LogP contribution >= 0.6 is 15.9 Å². The zero-order chi connectivity index (χ0) is 13.5. The normalized spacial score (nSPS) is 21.1. The van der Waals surface area contributed by atoms with Gasteiger partial charge in [0.2, 0.25) is 0 Å². The van der Waals surface area contributed by atoms with E-state index in [-0.39, 0.29) is 0 Å². The number of hydrogen-bond acceptors (Lipinski definition) is 4. The molecule has 1 fully saturated rings. The SMILES string of the molecule is OC(CNC1CCCOC1)COc1ccc(Br)cc1. The number of rotatable bonds is 6. The van der Waals surface area contributed by atoms with Gasteiger partial charge in [-0.15, -0.1) is 0 Å². The molecule has 0 saturated carbocycles. The van der Waals surface area contributed by atoms with Crippen LogP contribution in [0.1, 0.15) is 12.8 Å². The van der Waals surface area contributed by atoms with E-state index in [9.17, 15) is 5.11 Å². The molecule has 0 radical (unpaired) electrons. The molecule has 2 atom stereocenters. The number of aliphatic hydroxyl groups is 1. The minimum absolute atomic E-state index is 0.294. The number of halogens is 1. The maximum atomic E-state index is 9.86. The predicted molar refractivity (Wildman–Crippen MR) is 77.5 cm³/mol. The molecule has 1 heterocycles. The molecule has 0 amide bonds. The first-order valence-electron chi connectivity index (χ1n) is 6.61. The fourth-order valence-corrected chi connectivity index (χ4v) is 2.25. The summed E-state index contributed by atoms with van der Waals surface area (Å²) in [5.41, 5.74) is 0. The standard InChI is InChI=1S/C14H20BrNO3/c15-11-3-5-14(6-4-11)19-10-13(17)8-16-12-2-1-7-18-9-12/h3-6,12-13,16-17H,1-2,7-10H2.